The van der Waals surface area contributed by atoms with Crippen LogP contribution in [0.15, 0.2) is 17.3 Å². The predicted molar refractivity (Wildman–Crippen MR) is 80.0 cm³/mol. The summed E-state index contributed by atoms with van der Waals surface area (Å²) in [4.78, 5) is 27.3. The lowest BCUT2D eigenvalue weighted by Gasteiger charge is -2.22. The first kappa shape index (κ1) is 17.1. The number of rotatable bonds is 4. The fourth-order valence-corrected chi connectivity index (χ4v) is 2.30. The van der Waals surface area contributed by atoms with Crippen molar-refractivity contribution in [2.45, 2.75) is 32.7 Å². The third-order valence-corrected chi connectivity index (χ3v) is 3.35. The van der Waals surface area contributed by atoms with Gasteiger partial charge in [-0.25, -0.2) is 4.98 Å². The summed E-state index contributed by atoms with van der Waals surface area (Å²) in [7, 11) is 1.64. The van der Waals surface area contributed by atoms with Crippen LogP contribution in [0.1, 0.15) is 26.7 Å². The maximum absolute atomic E-state index is 8.12. The molecule has 6 nitrogen and oxygen atoms in total. The molecule has 1 atom stereocenters. The maximum atomic E-state index is 8.12. The number of carbonyl (C=O) groups excluding carboxylic acids is 2. The molecule has 2 rings (SSSR count). The molecule has 0 fully saturated rings. The SMILES string of the molecule is CCC1=NC(CC)CN1c1cnc(Cl)cc1OC.O=C=O. The van der Waals surface area contributed by atoms with Gasteiger partial charge < -0.3 is 9.64 Å². The molecule has 2 heterocycles. The van der Waals surface area contributed by atoms with Gasteiger partial charge >= 0.3 is 6.15 Å². The molecule has 1 aromatic heterocycles. The fourth-order valence-electron chi connectivity index (χ4n) is 2.15. The smallest absolute Gasteiger partial charge is 0.373 e. The van der Waals surface area contributed by atoms with E-state index in [4.69, 9.17) is 30.9 Å². The van der Waals surface area contributed by atoms with E-state index in [0.29, 0.717) is 11.2 Å². The van der Waals surface area contributed by atoms with Gasteiger partial charge in [0.25, 0.3) is 0 Å². The average Bonchev–Trinajstić information content (AvgIpc) is 2.91. The van der Waals surface area contributed by atoms with E-state index < -0.39 is 0 Å². The Morgan fingerprint density at radius 1 is 1.48 bits per heavy atom. The molecule has 0 radical (unpaired) electrons. The number of anilines is 1. The van der Waals surface area contributed by atoms with E-state index in [-0.39, 0.29) is 6.15 Å². The number of amidine groups is 1. The first-order valence-corrected chi connectivity index (χ1v) is 7.01. The molecule has 0 amide bonds. The van der Waals surface area contributed by atoms with E-state index in [0.717, 1.165) is 36.7 Å². The van der Waals surface area contributed by atoms with Crippen molar-refractivity contribution in [3.8, 4) is 5.75 Å². The van der Waals surface area contributed by atoms with Crippen molar-refractivity contribution in [3.05, 3.63) is 17.4 Å². The lowest BCUT2D eigenvalue weighted by Crippen LogP contribution is -2.29. The van der Waals surface area contributed by atoms with Crippen LogP contribution in [0.3, 0.4) is 0 Å². The van der Waals surface area contributed by atoms with Crippen molar-refractivity contribution in [3.63, 3.8) is 0 Å². The second-order valence-corrected chi connectivity index (χ2v) is 4.72. The molecule has 0 saturated heterocycles. The summed E-state index contributed by atoms with van der Waals surface area (Å²) in [6.07, 6.45) is 3.95. The maximum Gasteiger partial charge on any atom is 0.373 e. The Morgan fingerprint density at radius 3 is 2.67 bits per heavy atom. The lowest BCUT2D eigenvalue weighted by atomic mass is 10.2. The van der Waals surface area contributed by atoms with Crippen LogP contribution in [0.5, 0.6) is 5.75 Å². The van der Waals surface area contributed by atoms with Crippen LogP contribution < -0.4 is 9.64 Å². The summed E-state index contributed by atoms with van der Waals surface area (Å²) in [6.45, 7) is 5.15. The van der Waals surface area contributed by atoms with Crippen LogP contribution in [-0.4, -0.2) is 36.7 Å². The molecule has 0 aromatic carbocycles. The zero-order chi connectivity index (χ0) is 15.8. The summed E-state index contributed by atoms with van der Waals surface area (Å²) < 4.78 is 5.38. The molecule has 114 valence electrons. The molecule has 0 bridgehead atoms. The van der Waals surface area contributed by atoms with Gasteiger partial charge in [0.2, 0.25) is 0 Å². The minimum Gasteiger partial charge on any atom is -0.494 e. The van der Waals surface area contributed by atoms with Crippen LogP contribution >= 0.6 is 11.6 Å². The van der Waals surface area contributed by atoms with Gasteiger partial charge in [-0.05, 0) is 6.42 Å². The molecule has 0 aliphatic carbocycles. The number of aromatic nitrogens is 1. The van der Waals surface area contributed by atoms with E-state index >= 15 is 0 Å². The van der Waals surface area contributed by atoms with Crippen LogP contribution in [0, 0.1) is 0 Å². The van der Waals surface area contributed by atoms with E-state index in [2.05, 4.69) is 23.7 Å². The first-order chi connectivity index (χ1) is 10.1. The van der Waals surface area contributed by atoms with Gasteiger partial charge in [-0.3, -0.25) is 4.99 Å². The Bertz CT molecular complexity index is 542. The quantitative estimate of drug-likeness (QED) is 0.799. The topological polar surface area (TPSA) is 71.9 Å². The standard InChI is InChI=1S/C13H18ClN3O.CO2/c1-4-9-8-17(13(5-2)16-9)10-7-15-12(14)6-11(10)18-3;2-1-3/h6-7,9H,4-5,8H2,1-3H3;. The lowest BCUT2D eigenvalue weighted by molar-refractivity contribution is -0.191. The highest BCUT2D eigenvalue weighted by atomic mass is 35.5. The van der Waals surface area contributed by atoms with Gasteiger partial charge in [0, 0.05) is 19.0 Å². The second-order valence-electron chi connectivity index (χ2n) is 4.33. The van der Waals surface area contributed by atoms with Crippen molar-refractivity contribution in [1.82, 2.24) is 4.98 Å². The molecule has 1 aliphatic heterocycles. The highest BCUT2D eigenvalue weighted by Crippen LogP contribution is 2.32. The zero-order valence-corrected chi connectivity index (χ0v) is 13.1. The molecule has 1 aromatic rings. The Kier molecular flexibility index (Phi) is 6.85. The Morgan fingerprint density at radius 2 is 2.14 bits per heavy atom. The van der Waals surface area contributed by atoms with Gasteiger partial charge in [0.05, 0.1) is 19.3 Å². The summed E-state index contributed by atoms with van der Waals surface area (Å²) in [5, 5.41) is 0.442. The van der Waals surface area contributed by atoms with Gasteiger partial charge in [-0.2, -0.15) is 9.59 Å². The summed E-state index contributed by atoms with van der Waals surface area (Å²) in [6, 6.07) is 2.10. The Hall–Kier alpha value is -1.91. The molecule has 0 N–H and O–H groups in total. The van der Waals surface area contributed by atoms with Crippen LogP contribution in [0.2, 0.25) is 5.15 Å². The fraction of sp³-hybridized carbons (Fsp3) is 0.500. The second kappa shape index (κ2) is 8.39. The summed E-state index contributed by atoms with van der Waals surface area (Å²) >= 11 is 5.89. The molecular formula is C14H18ClN3O3. The third kappa shape index (κ3) is 4.28. The average molecular weight is 312 g/mol. The first-order valence-electron chi connectivity index (χ1n) is 6.64. The number of aliphatic imine (C=N–C) groups is 1. The van der Waals surface area contributed by atoms with Crippen molar-refractivity contribution in [2.75, 3.05) is 18.6 Å². The molecular weight excluding hydrogens is 294 g/mol. The molecule has 21 heavy (non-hydrogen) atoms. The van der Waals surface area contributed by atoms with Crippen molar-refractivity contribution in [1.29, 1.82) is 0 Å². The zero-order valence-electron chi connectivity index (χ0n) is 12.3. The van der Waals surface area contributed by atoms with Crippen LogP contribution in [-0.2, 0) is 9.59 Å². The van der Waals surface area contributed by atoms with Crippen molar-refractivity contribution >= 4 is 29.3 Å². The number of hydrogen-bond donors (Lipinski definition) is 0. The normalized spacial score (nSPS) is 16.7. The predicted octanol–water partition coefficient (Wildman–Crippen LogP) is 2.57. The monoisotopic (exact) mass is 311 g/mol. The third-order valence-electron chi connectivity index (χ3n) is 3.15. The molecule has 1 aliphatic rings. The van der Waals surface area contributed by atoms with Gasteiger partial charge in [0.1, 0.15) is 22.4 Å². The molecule has 1 unspecified atom stereocenters. The van der Waals surface area contributed by atoms with Gasteiger partial charge in [-0.1, -0.05) is 25.4 Å². The minimum atomic E-state index is 0.250. The van der Waals surface area contributed by atoms with E-state index in [1.807, 2.05) is 0 Å². The van der Waals surface area contributed by atoms with Gasteiger partial charge in [0.15, 0.2) is 0 Å². The van der Waals surface area contributed by atoms with E-state index in [1.54, 1.807) is 19.4 Å². The highest BCUT2D eigenvalue weighted by molar-refractivity contribution is 6.29. The van der Waals surface area contributed by atoms with Crippen LogP contribution in [0.25, 0.3) is 0 Å². The summed E-state index contributed by atoms with van der Waals surface area (Å²) in [5.41, 5.74) is 0.943. The van der Waals surface area contributed by atoms with Gasteiger partial charge in [-0.15, -0.1) is 0 Å². The minimum absolute atomic E-state index is 0.250. The number of methoxy groups -OCH3 is 1. The Balaban J connectivity index is 0.000000677. The molecule has 0 saturated carbocycles. The van der Waals surface area contributed by atoms with Crippen LogP contribution in [0.4, 0.5) is 5.69 Å². The molecule has 0 spiro atoms. The number of nitrogens with zero attached hydrogens (tertiary/aromatic N) is 3. The largest absolute Gasteiger partial charge is 0.494 e. The Labute approximate surface area is 128 Å². The number of hydrogen-bond acceptors (Lipinski definition) is 6. The van der Waals surface area contributed by atoms with E-state index in [1.165, 1.54) is 0 Å². The molecule has 7 heteroatoms. The summed E-state index contributed by atoms with van der Waals surface area (Å²) in [5.74, 6) is 1.83. The number of pyridine rings is 1. The number of halogens is 1. The van der Waals surface area contributed by atoms with Crippen molar-refractivity contribution < 1.29 is 14.3 Å². The van der Waals surface area contributed by atoms with Crippen molar-refractivity contribution in [2.24, 2.45) is 4.99 Å². The van der Waals surface area contributed by atoms with E-state index in [9.17, 15) is 0 Å². The number of ether oxygens (including phenoxy) is 1. The highest BCUT2D eigenvalue weighted by Gasteiger charge is 2.26.